The van der Waals surface area contributed by atoms with Crippen LogP contribution in [0, 0.1) is 0 Å². The Bertz CT molecular complexity index is 677. The van der Waals surface area contributed by atoms with Gasteiger partial charge >= 0.3 is 0 Å². The van der Waals surface area contributed by atoms with E-state index in [0.29, 0.717) is 10.0 Å². The first-order chi connectivity index (χ1) is 10.1. The first-order valence-corrected chi connectivity index (χ1v) is 7.56. The van der Waals surface area contributed by atoms with Crippen molar-refractivity contribution >= 4 is 28.3 Å². The number of amides is 2. The smallest absolute Gasteiger partial charge is 0.260 e. The molecule has 0 spiro atoms. The van der Waals surface area contributed by atoms with Crippen molar-refractivity contribution in [3.8, 4) is 0 Å². The Balaban J connectivity index is 1.81. The molecule has 21 heavy (non-hydrogen) atoms. The van der Waals surface area contributed by atoms with Crippen molar-refractivity contribution in [2.75, 3.05) is 5.32 Å². The molecule has 5 nitrogen and oxygen atoms in total. The molecule has 0 bridgehead atoms. The van der Waals surface area contributed by atoms with Crippen LogP contribution in [0.5, 0.6) is 0 Å². The summed E-state index contributed by atoms with van der Waals surface area (Å²) < 4.78 is 0. The molecule has 1 fully saturated rings. The molecule has 0 atom stereocenters. The molecule has 6 heteroatoms. The highest BCUT2D eigenvalue weighted by Gasteiger charge is 2.45. The molecule has 0 unspecified atom stereocenters. The summed E-state index contributed by atoms with van der Waals surface area (Å²) >= 11 is 1.10. The number of primary amides is 1. The van der Waals surface area contributed by atoms with E-state index in [-0.39, 0.29) is 5.91 Å². The topological polar surface area (TPSA) is 85.1 Å². The summed E-state index contributed by atoms with van der Waals surface area (Å²) in [5.41, 5.74) is 5.75. The van der Waals surface area contributed by atoms with Crippen molar-refractivity contribution in [3.05, 3.63) is 47.0 Å². The fourth-order valence-electron chi connectivity index (χ4n) is 2.60. The molecule has 1 heterocycles. The minimum atomic E-state index is -0.533. The number of aromatic nitrogens is 1. The van der Waals surface area contributed by atoms with Gasteiger partial charge in [-0.25, -0.2) is 4.98 Å². The normalized spacial score (nSPS) is 16.0. The molecule has 3 N–H and O–H groups in total. The minimum Gasteiger partial charge on any atom is -0.365 e. The van der Waals surface area contributed by atoms with Crippen LogP contribution in [0.2, 0.25) is 0 Å². The lowest BCUT2D eigenvalue weighted by atomic mass is 9.64. The van der Waals surface area contributed by atoms with Gasteiger partial charge in [-0.1, -0.05) is 48.1 Å². The highest BCUT2D eigenvalue weighted by molar-refractivity contribution is 7.17. The molecule has 0 aliphatic heterocycles. The van der Waals surface area contributed by atoms with Crippen molar-refractivity contribution in [2.24, 2.45) is 5.73 Å². The Hall–Kier alpha value is -2.21. The maximum atomic E-state index is 12.6. The first-order valence-electron chi connectivity index (χ1n) is 6.74. The number of nitrogens with one attached hydrogen (secondary N) is 1. The number of anilines is 1. The second-order valence-electron chi connectivity index (χ2n) is 5.15. The Labute approximate surface area is 126 Å². The lowest BCUT2D eigenvalue weighted by Crippen LogP contribution is -2.45. The number of nitrogens with two attached hydrogens (primary N) is 1. The third-order valence-corrected chi connectivity index (χ3v) is 4.86. The Morgan fingerprint density at radius 3 is 2.48 bits per heavy atom. The maximum absolute atomic E-state index is 12.6. The molecule has 1 aromatic heterocycles. The van der Waals surface area contributed by atoms with Crippen LogP contribution < -0.4 is 11.1 Å². The summed E-state index contributed by atoms with van der Waals surface area (Å²) in [6.45, 7) is 0. The number of thiazole rings is 1. The molecule has 0 saturated heterocycles. The van der Waals surface area contributed by atoms with Gasteiger partial charge in [-0.15, -0.1) is 0 Å². The molecule has 1 aromatic carbocycles. The van der Waals surface area contributed by atoms with Crippen molar-refractivity contribution < 1.29 is 9.59 Å². The lowest BCUT2D eigenvalue weighted by Gasteiger charge is -2.40. The first kappa shape index (κ1) is 13.8. The van der Waals surface area contributed by atoms with E-state index in [1.807, 2.05) is 30.3 Å². The quantitative estimate of drug-likeness (QED) is 0.908. The van der Waals surface area contributed by atoms with Crippen LogP contribution in [-0.4, -0.2) is 16.8 Å². The van der Waals surface area contributed by atoms with Gasteiger partial charge in [0.05, 0.1) is 11.6 Å². The van der Waals surface area contributed by atoms with Gasteiger partial charge in [0.2, 0.25) is 5.91 Å². The fraction of sp³-hybridized carbons (Fsp3) is 0.267. The number of rotatable bonds is 4. The number of hydrogen-bond donors (Lipinski definition) is 2. The number of nitrogens with zero attached hydrogens (tertiary/aromatic N) is 1. The van der Waals surface area contributed by atoms with Crippen LogP contribution in [0.25, 0.3) is 0 Å². The standard InChI is InChI=1S/C15H15N3O2S/c16-12(19)11-9-17-14(21-11)18-13(20)15(7-4-8-15)10-5-2-1-3-6-10/h1-3,5-6,9H,4,7-8H2,(H2,16,19)(H,17,18,20). The third-order valence-electron chi connectivity index (χ3n) is 3.94. The van der Waals surface area contributed by atoms with Crippen LogP contribution in [0.15, 0.2) is 36.5 Å². The van der Waals surface area contributed by atoms with Crippen LogP contribution >= 0.6 is 11.3 Å². The summed E-state index contributed by atoms with van der Waals surface area (Å²) in [7, 11) is 0. The van der Waals surface area contributed by atoms with E-state index in [9.17, 15) is 9.59 Å². The summed E-state index contributed by atoms with van der Waals surface area (Å²) in [6.07, 6.45) is 4.08. The minimum absolute atomic E-state index is 0.0645. The predicted molar refractivity (Wildman–Crippen MR) is 81.2 cm³/mol. The van der Waals surface area contributed by atoms with Gasteiger partial charge in [0, 0.05) is 0 Å². The van der Waals surface area contributed by atoms with Crippen LogP contribution in [-0.2, 0) is 10.2 Å². The molecule has 1 aliphatic rings. The van der Waals surface area contributed by atoms with Crippen molar-refractivity contribution in [1.29, 1.82) is 0 Å². The Morgan fingerprint density at radius 1 is 1.24 bits per heavy atom. The SMILES string of the molecule is NC(=O)c1cnc(NC(=O)C2(c3ccccc3)CCC2)s1. The van der Waals surface area contributed by atoms with Gasteiger partial charge in [0.1, 0.15) is 4.88 Å². The van der Waals surface area contributed by atoms with E-state index >= 15 is 0 Å². The summed E-state index contributed by atoms with van der Waals surface area (Å²) in [6, 6.07) is 9.78. The number of carbonyl (C=O) groups is 2. The number of hydrogen-bond acceptors (Lipinski definition) is 4. The van der Waals surface area contributed by atoms with Crippen LogP contribution in [0.4, 0.5) is 5.13 Å². The highest BCUT2D eigenvalue weighted by Crippen LogP contribution is 2.44. The lowest BCUT2D eigenvalue weighted by molar-refractivity contribution is -0.124. The van der Waals surface area contributed by atoms with Gasteiger partial charge in [-0.3, -0.25) is 9.59 Å². The predicted octanol–water partition coefficient (Wildman–Crippen LogP) is 2.30. The zero-order chi connectivity index (χ0) is 14.9. The average Bonchev–Trinajstić information content (AvgIpc) is 2.87. The maximum Gasteiger partial charge on any atom is 0.260 e. The molecular formula is C15H15N3O2S. The zero-order valence-electron chi connectivity index (χ0n) is 11.3. The molecule has 2 amide bonds. The van der Waals surface area contributed by atoms with Gasteiger partial charge in [-0.2, -0.15) is 0 Å². The fourth-order valence-corrected chi connectivity index (χ4v) is 3.26. The van der Waals surface area contributed by atoms with E-state index in [2.05, 4.69) is 10.3 Å². The van der Waals surface area contributed by atoms with E-state index in [1.165, 1.54) is 6.20 Å². The van der Waals surface area contributed by atoms with E-state index in [4.69, 9.17) is 5.73 Å². The molecule has 1 saturated carbocycles. The monoisotopic (exact) mass is 301 g/mol. The van der Waals surface area contributed by atoms with Crippen molar-refractivity contribution in [1.82, 2.24) is 4.98 Å². The Kier molecular flexibility index (Phi) is 3.47. The van der Waals surface area contributed by atoms with Crippen LogP contribution in [0.3, 0.4) is 0 Å². The molecule has 0 radical (unpaired) electrons. The summed E-state index contributed by atoms with van der Waals surface area (Å²) in [4.78, 5) is 28.1. The summed E-state index contributed by atoms with van der Waals surface area (Å²) in [5.74, 6) is -0.597. The van der Waals surface area contributed by atoms with Gasteiger partial charge < -0.3 is 11.1 Å². The van der Waals surface area contributed by atoms with Gasteiger partial charge in [0.25, 0.3) is 5.91 Å². The van der Waals surface area contributed by atoms with Crippen LogP contribution in [0.1, 0.15) is 34.5 Å². The third kappa shape index (κ3) is 2.42. The number of benzene rings is 1. The highest BCUT2D eigenvalue weighted by atomic mass is 32.1. The van der Waals surface area contributed by atoms with Crippen molar-refractivity contribution in [2.45, 2.75) is 24.7 Å². The molecule has 2 aromatic rings. The van der Waals surface area contributed by atoms with E-state index in [1.54, 1.807) is 0 Å². The molecule has 3 rings (SSSR count). The van der Waals surface area contributed by atoms with Crippen molar-refractivity contribution in [3.63, 3.8) is 0 Å². The van der Waals surface area contributed by atoms with E-state index in [0.717, 1.165) is 36.2 Å². The summed E-state index contributed by atoms with van der Waals surface area (Å²) in [5, 5.41) is 3.23. The van der Waals surface area contributed by atoms with Gasteiger partial charge in [-0.05, 0) is 18.4 Å². The Morgan fingerprint density at radius 2 is 1.95 bits per heavy atom. The van der Waals surface area contributed by atoms with E-state index < -0.39 is 11.3 Å². The molecule has 108 valence electrons. The molecule has 1 aliphatic carbocycles. The largest absolute Gasteiger partial charge is 0.365 e. The number of carbonyl (C=O) groups excluding carboxylic acids is 2. The second kappa shape index (κ2) is 5.29. The zero-order valence-corrected chi connectivity index (χ0v) is 12.2. The average molecular weight is 301 g/mol. The molecular weight excluding hydrogens is 286 g/mol. The van der Waals surface area contributed by atoms with Gasteiger partial charge in [0.15, 0.2) is 5.13 Å². The second-order valence-corrected chi connectivity index (χ2v) is 6.18.